The SMILES string of the molecule is O=C(CN1CCC(F)(CO)C1)N1CCC(Cc2ccccc2)CC1. The Morgan fingerprint density at radius 1 is 1.21 bits per heavy atom. The Morgan fingerprint density at radius 3 is 2.54 bits per heavy atom. The van der Waals surface area contributed by atoms with E-state index in [9.17, 15) is 9.18 Å². The van der Waals surface area contributed by atoms with E-state index in [1.807, 2.05) is 15.9 Å². The molecule has 5 heteroatoms. The van der Waals surface area contributed by atoms with E-state index < -0.39 is 12.3 Å². The van der Waals surface area contributed by atoms with E-state index in [2.05, 4.69) is 24.3 Å². The van der Waals surface area contributed by atoms with Crippen LogP contribution in [-0.2, 0) is 11.2 Å². The molecule has 2 aliphatic rings. The fourth-order valence-electron chi connectivity index (χ4n) is 3.81. The maximum Gasteiger partial charge on any atom is 0.236 e. The summed E-state index contributed by atoms with van der Waals surface area (Å²) in [5.74, 6) is 0.728. The number of likely N-dealkylation sites (tertiary alicyclic amines) is 2. The Morgan fingerprint density at radius 2 is 1.92 bits per heavy atom. The van der Waals surface area contributed by atoms with Gasteiger partial charge in [0.2, 0.25) is 5.91 Å². The minimum atomic E-state index is -1.52. The first-order chi connectivity index (χ1) is 11.6. The lowest BCUT2D eigenvalue weighted by atomic mass is 9.90. The second-order valence-corrected chi connectivity index (χ2v) is 7.28. The number of benzene rings is 1. The number of aliphatic hydroxyl groups excluding tert-OH is 1. The molecule has 0 radical (unpaired) electrons. The van der Waals surface area contributed by atoms with Crippen LogP contribution in [0.5, 0.6) is 0 Å². The Hall–Kier alpha value is -1.46. The summed E-state index contributed by atoms with van der Waals surface area (Å²) in [6, 6.07) is 10.5. The number of carbonyl (C=O) groups is 1. The minimum Gasteiger partial charge on any atom is -0.393 e. The Bertz CT molecular complexity index is 546. The zero-order chi connectivity index (χ0) is 17.0. The van der Waals surface area contributed by atoms with Gasteiger partial charge in [-0.3, -0.25) is 9.69 Å². The number of halogens is 1. The monoisotopic (exact) mass is 334 g/mol. The van der Waals surface area contributed by atoms with Gasteiger partial charge in [-0.1, -0.05) is 30.3 Å². The van der Waals surface area contributed by atoms with Crippen molar-refractivity contribution in [2.75, 3.05) is 39.3 Å². The summed E-state index contributed by atoms with van der Waals surface area (Å²) in [4.78, 5) is 16.2. The van der Waals surface area contributed by atoms with Crippen LogP contribution in [0.15, 0.2) is 30.3 Å². The van der Waals surface area contributed by atoms with Gasteiger partial charge in [0.25, 0.3) is 0 Å². The molecule has 1 unspecified atom stereocenters. The topological polar surface area (TPSA) is 43.8 Å². The van der Waals surface area contributed by atoms with Crippen LogP contribution in [0.1, 0.15) is 24.8 Å². The molecule has 0 saturated carbocycles. The summed E-state index contributed by atoms with van der Waals surface area (Å²) < 4.78 is 14.0. The van der Waals surface area contributed by atoms with Crippen LogP contribution >= 0.6 is 0 Å². The van der Waals surface area contributed by atoms with Crippen molar-refractivity contribution in [1.29, 1.82) is 0 Å². The molecule has 2 fully saturated rings. The molecule has 0 aliphatic carbocycles. The van der Waals surface area contributed by atoms with E-state index in [0.717, 1.165) is 32.4 Å². The average molecular weight is 334 g/mol. The number of alkyl halides is 1. The van der Waals surface area contributed by atoms with E-state index in [0.29, 0.717) is 18.9 Å². The molecule has 0 bridgehead atoms. The summed E-state index contributed by atoms with van der Waals surface area (Å²) in [6.07, 6.45) is 3.46. The highest BCUT2D eigenvalue weighted by atomic mass is 19.1. The van der Waals surface area contributed by atoms with Crippen LogP contribution in [-0.4, -0.2) is 65.8 Å². The van der Waals surface area contributed by atoms with Crippen LogP contribution < -0.4 is 0 Å². The first-order valence-corrected chi connectivity index (χ1v) is 8.92. The van der Waals surface area contributed by atoms with Crippen LogP contribution in [0.4, 0.5) is 4.39 Å². The molecule has 24 heavy (non-hydrogen) atoms. The van der Waals surface area contributed by atoms with Crippen LogP contribution in [0, 0.1) is 5.92 Å². The van der Waals surface area contributed by atoms with Gasteiger partial charge in [-0.25, -0.2) is 4.39 Å². The van der Waals surface area contributed by atoms with Crippen LogP contribution in [0.25, 0.3) is 0 Å². The normalized spacial score (nSPS) is 26.0. The van der Waals surface area contributed by atoms with Crippen molar-refractivity contribution in [3.05, 3.63) is 35.9 Å². The lowest BCUT2D eigenvalue weighted by molar-refractivity contribution is -0.133. The Labute approximate surface area is 143 Å². The van der Waals surface area contributed by atoms with Crippen LogP contribution in [0.3, 0.4) is 0 Å². The smallest absolute Gasteiger partial charge is 0.236 e. The summed E-state index contributed by atoms with van der Waals surface area (Å²) in [5, 5.41) is 9.08. The lowest BCUT2D eigenvalue weighted by Crippen LogP contribution is -2.44. The molecule has 1 aromatic rings. The Kier molecular flexibility index (Phi) is 5.51. The highest BCUT2D eigenvalue weighted by Gasteiger charge is 2.38. The third-order valence-corrected chi connectivity index (χ3v) is 5.36. The molecule has 2 heterocycles. The molecular weight excluding hydrogens is 307 g/mol. The second-order valence-electron chi connectivity index (χ2n) is 7.28. The van der Waals surface area contributed by atoms with Crippen molar-refractivity contribution in [2.45, 2.75) is 31.4 Å². The molecule has 0 aromatic heterocycles. The summed E-state index contributed by atoms with van der Waals surface area (Å²) in [5.41, 5.74) is -0.161. The highest BCUT2D eigenvalue weighted by Crippen LogP contribution is 2.26. The van der Waals surface area contributed by atoms with E-state index in [1.54, 1.807) is 0 Å². The van der Waals surface area contributed by atoms with Crippen molar-refractivity contribution >= 4 is 5.91 Å². The van der Waals surface area contributed by atoms with Gasteiger partial charge in [0.05, 0.1) is 13.2 Å². The Balaban J connectivity index is 1.42. The number of hydrogen-bond acceptors (Lipinski definition) is 3. The molecule has 2 aliphatic heterocycles. The van der Waals surface area contributed by atoms with E-state index in [1.165, 1.54) is 5.56 Å². The molecular formula is C19H27FN2O2. The van der Waals surface area contributed by atoms with E-state index >= 15 is 0 Å². The lowest BCUT2D eigenvalue weighted by Gasteiger charge is -2.33. The van der Waals surface area contributed by atoms with Gasteiger partial charge < -0.3 is 10.0 Å². The van der Waals surface area contributed by atoms with Crippen molar-refractivity contribution in [2.24, 2.45) is 5.92 Å². The number of nitrogens with zero attached hydrogens (tertiary/aromatic N) is 2. The number of amides is 1. The van der Waals surface area contributed by atoms with Gasteiger partial charge in [0.15, 0.2) is 0 Å². The van der Waals surface area contributed by atoms with Crippen molar-refractivity contribution in [3.8, 4) is 0 Å². The molecule has 3 rings (SSSR count). The first kappa shape index (κ1) is 17.4. The molecule has 1 aromatic carbocycles. The van der Waals surface area contributed by atoms with Gasteiger partial charge in [0.1, 0.15) is 5.67 Å². The van der Waals surface area contributed by atoms with Crippen LogP contribution in [0.2, 0.25) is 0 Å². The van der Waals surface area contributed by atoms with Crippen molar-refractivity contribution in [3.63, 3.8) is 0 Å². The van der Waals surface area contributed by atoms with Gasteiger partial charge in [-0.15, -0.1) is 0 Å². The molecule has 132 valence electrons. The van der Waals surface area contributed by atoms with Gasteiger partial charge in [-0.2, -0.15) is 0 Å². The quantitative estimate of drug-likeness (QED) is 0.894. The fourth-order valence-corrected chi connectivity index (χ4v) is 3.81. The summed E-state index contributed by atoms with van der Waals surface area (Å²) >= 11 is 0. The minimum absolute atomic E-state index is 0.0929. The summed E-state index contributed by atoms with van der Waals surface area (Å²) in [6.45, 7) is 2.13. The molecule has 2 saturated heterocycles. The van der Waals surface area contributed by atoms with Gasteiger partial charge in [-0.05, 0) is 37.2 Å². The number of piperidine rings is 1. The fraction of sp³-hybridized carbons (Fsp3) is 0.632. The first-order valence-electron chi connectivity index (χ1n) is 8.92. The summed E-state index contributed by atoms with van der Waals surface area (Å²) in [7, 11) is 0. The predicted octanol–water partition coefficient (Wildman–Crippen LogP) is 1.87. The second kappa shape index (κ2) is 7.62. The standard InChI is InChI=1S/C19H27FN2O2/c20-19(15-23)8-11-21(14-19)13-18(24)22-9-6-17(7-10-22)12-16-4-2-1-3-5-16/h1-5,17,23H,6-15H2. The van der Waals surface area contributed by atoms with E-state index in [4.69, 9.17) is 5.11 Å². The van der Waals surface area contributed by atoms with Gasteiger partial charge >= 0.3 is 0 Å². The zero-order valence-electron chi connectivity index (χ0n) is 14.2. The highest BCUT2D eigenvalue weighted by molar-refractivity contribution is 5.78. The maximum atomic E-state index is 14.0. The molecule has 0 spiro atoms. The number of hydrogen-bond donors (Lipinski definition) is 1. The maximum absolute atomic E-state index is 14.0. The largest absolute Gasteiger partial charge is 0.393 e. The van der Waals surface area contributed by atoms with E-state index in [-0.39, 0.29) is 19.0 Å². The number of carbonyl (C=O) groups excluding carboxylic acids is 1. The van der Waals surface area contributed by atoms with Crippen molar-refractivity contribution in [1.82, 2.24) is 9.80 Å². The zero-order valence-corrected chi connectivity index (χ0v) is 14.2. The molecule has 1 amide bonds. The molecule has 4 nitrogen and oxygen atoms in total. The van der Waals surface area contributed by atoms with Crippen molar-refractivity contribution < 1.29 is 14.3 Å². The van der Waals surface area contributed by atoms with Gasteiger partial charge in [0, 0.05) is 26.2 Å². The molecule has 1 N–H and O–H groups in total. The number of rotatable bonds is 5. The third kappa shape index (κ3) is 4.33. The number of aliphatic hydroxyl groups is 1. The third-order valence-electron chi connectivity index (χ3n) is 5.36. The predicted molar refractivity (Wildman–Crippen MR) is 91.4 cm³/mol. The average Bonchev–Trinajstić information content (AvgIpc) is 2.98. The molecule has 1 atom stereocenters.